The molecule has 0 aliphatic heterocycles. The van der Waals surface area contributed by atoms with Gasteiger partial charge in [-0.3, -0.25) is 4.79 Å². The van der Waals surface area contributed by atoms with Crippen molar-refractivity contribution in [2.45, 2.75) is 4.21 Å². The van der Waals surface area contributed by atoms with Crippen LogP contribution in [-0.4, -0.2) is 27.9 Å². The smallest absolute Gasteiger partial charge is 0.250 e. The van der Waals surface area contributed by atoms with Crippen LogP contribution in [0, 0.1) is 11.3 Å². The number of amides is 1. The van der Waals surface area contributed by atoms with Gasteiger partial charge in [0.2, 0.25) is 5.91 Å². The van der Waals surface area contributed by atoms with Crippen LogP contribution in [0.15, 0.2) is 16.3 Å². The van der Waals surface area contributed by atoms with Crippen molar-refractivity contribution in [2.75, 3.05) is 13.6 Å². The van der Waals surface area contributed by atoms with Crippen LogP contribution < -0.4 is 10.0 Å². The summed E-state index contributed by atoms with van der Waals surface area (Å²) in [6, 6.07) is 4.59. The second kappa shape index (κ2) is 5.07. The van der Waals surface area contributed by atoms with E-state index in [0.717, 1.165) is 11.3 Å². The highest BCUT2D eigenvalue weighted by molar-refractivity contribution is 7.91. The Balaban J connectivity index is 2.79. The second-order valence-corrected chi connectivity index (χ2v) is 5.81. The predicted octanol–water partition coefficient (Wildman–Crippen LogP) is -0.356. The SMILES string of the molecule is CNC(=O)CNS(=O)(=O)c1ccc(C#N)s1. The normalized spacial score (nSPS) is 10.8. The van der Waals surface area contributed by atoms with Gasteiger partial charge in [-0.25, -0.2) is 13.1 Å². The number of likely N-dealkylation sites (N-methyl/N-ethyl adjacent to an activating group) is 1. The van der Waals surface area contributed by atoms with Crippen LogP contribution in [0.3, 0.4) is 0 Å². The molecule has 16 heavy (non-hydrogen) atoms. The van der Waals surface area contributed by atoms with E-state index < -0.39 is 15.9 Å². The molecule has 0 aromatic carbocycles. The summed E-state index contributed by atoms with van der Waals surface area (Å²) in [5, 5.41) is 10.8. The Morgan fingerprint density at radius 1 is 1.56 bits per heavy atom. The lowest BCUT2D eigenvalue weighted by atomic mass is 10.5. The van der Waals surface area contributed by atoms with Gasteiger partial charge in [-0.05, 0) is 12.1 Å². The van der Waals surface area contributed by atoms with Gasteiger partial charge in [0.05, 0.1) is 6.54 Å². The van der Waals surface area contributed by atoms with E-state index in [1.54, 1.807) is 0 Å². The molecular weight excluding hydrogens is 250 g/mol. The number of thiophene rings is 1. The lowest BCUT2D eigenvalue weighted by molar-refractivity contribution is -0.119. The number of nitrogens with zero attached hydrogens (tertiary/aromatic N) is 1. The van der Waals surface area contributed by atoms with E-state index in [1.165, 1.54) is 19.2 Å². The van der Waals surface area contributed by atoms with Crippen molar-refractivity contribution < 1.29 is 13.2 Å². The highest BCUT2D eigenvalue weighted by Crippen LogP contribution is 2.20. The standard InChI is InChI=1S/C8H9N3O3S2/c1-10-7(12)5-11-16(13,14)8-3-2-6(4-9)15-8/h2-3,11H,5H2,1H3,(H,10,12). The molecular formula is C8H9N3O3S2. The van der Waals surface area contributed by atoms with Gasteiger partial charge in [0, 0.05) is 7.05 Å². The number of nitrogens with one attached hydrogen (secondary N) is 2. The number of hydrogen-bond acceptors (Lipinski definition) is 5. The first kappa shape index (κ1) is 12.6. The van der Waals surface area contributed by atoms with Crippen molar-refractivity contribution in [1.29, 1.82) is 5.26 Å². The topological polar surface area (TPSA) is 99.1 Å². The summed E-state index contributed by atoms with van der Waals surface area (Å²) in [5.74, 6) is -0.430. The molecule has 0 atom stereocenters. The first-order chi connectivity index (χ1) is 7.49. The van der Waals surface area contributed by atoms with E-state index in [2.05, 4.69) is 10.0 Å². The van der Waals surface area contributed by atoms with Crippen LogP contribution in [0.4, 0.5) is 0 Å². The van der Waals surface area contributed by atoms with Crippen molar-refractivity contribution in [3.8, 4) is 6.07 Å². The van der Waals surface area contributed by atoms with Gasteiger partial charge in [-0.2, -0.15) is 5.26 Å². The highest BCUT2D eigenvalue weighted by Gasteiger charge is 2.17. The summed E-state index contributed by atoms with van der Waals surface area (Å²) >= 11 is 0.856. The zero-order valence-electron chi connectivity index (χ0n) is 8.35. The third-order valence-electron chi connectivity index (χ3n) is 1.66. The number of rotatable bonds is 4. The van der Waals surface area contributed by atoms with Crippen molar-refractivity contribution in [3.05, 3.63) is 17.0 Å². The van der Waals surface area contributed by atoms with Gasteiger partial charge in [-0.1, -0.05) is 0 Å². The maximum Gasteiger partial charge on any atom is 0.250 e. The lowest BCUT2D eigenvalue weighted by Crippen LogP contribution is -2.34. The van der Waals surface area contributed by atoms with Crippen LogP contribution in [0.2, 0.25) is 0 Å². The summed E-state index contributed by atoms with van der Waals surface area (Å²) in [7, 11) is -2.29. The number of hydrogen-bond donors (Lipinski definition) is 2. The van der Waals surface area contributed by atoms with E-state index in [-0.39, 0.29) is 10.8 Å². The minimum atomic E-state index is -3.70. The molecule has 0 saturated heterocycles. The Morgan fingerprint density at radius 3 is 2.75 bits per heavy atom. The molecule has 1 aromatic rings. The van der Waals surface area contributed by atoms with Crippen LogP contribution in [0.1, 0.15) is 4.88 Å². The van der Waals surface area contributed by atoms with Gasteiger partial charge in [0.15, 0.2) is 0 Å². The van der Waals surface area contributed by atoms with Gasteiger partial charge >= 0.3 is 0 Å². The molecule has 8 heteroatoms. The molecule has 0 aliphatic rings. The first-order valence-corrected chi connectivity index (χ1v) is 6.50. The van der Waals surface area contributed by atoms with Crippen molar-refractivity contribution in [2.24, 2.45) is 0 Å². The maximum atomic E-state index is 11.6. The van der Waals surface area contributed by atoms with E-state index in [0.29, 0.717) is 4.88 Å². The van der Waals surface area contributed by atoms with E-state index in [9.17, 15) is 13.2 Å². The fourth-order valence-electron chi connectivity index (χ4n) is 0.845. The fourth-order valence-corrected chi connectivity index (χ4v) is 2.97. The molecule has 0 spiro atoms. The molecule has 0 unspecified atom stereocenters. The number of nitriles is 1. The fraction of sp³-hybridized carbons (Fsp3) is 0.250. The first-order valence-electron chi connectivity index (χ1n) is 4.20. The van der Waals surface area contributed by atoms with Gasteiger partial charge in [0.1, 0.15) is 15.2 Å². The van der Waals surface area contributed by atoms with Gasteiger partial charge < -0.3 is 5.32 Å². The zero-order valence-corrected chi connectivity index (χ0v) is 9.98. The molecule has 0 saturated carbocycles. The molecule has 6 nitrogen and oxygen atoms in total. The summed E-state index contributed by atoms with van der Waals surface area (Å²) in [5.41, 5.74) is 0. The Hall–Kier alpha value is -1.43. The summed E-state index contributed by atoms with van der Waals surface area (Å²) in [6.45, 7) is -0.321. The average molecular weight is 259 g/mol. The highest BCUT2D eigenvalue weighted by atomic mass is 32.2. The number of carbonyl (C=O) groups is 1. The van der Waals surface area contributed by atoms with E-state index in [1.807, 2.05) is 6.07 Å². The minimum Gasteiger partial charge on any atom is -0.358 e. The van der Waals surface area contributed by atoms with Gasteiger partial charge in [-0.15, -0.1) is 11.3 Å². The molecule has 1 aromatic heterocycles. The third-order valence-corrected chi connectivity index (χ3v) is 4.54. The van der Waals surface area contributed by atoms with Crippen molar-refractivity contribution >= 4 is 27.3 Å². The monoisotopic (exact) mass is 259 g/mol. The second-order valence-electron chi connectivity index (χ2n) is 2.73. The zero-order chi connectivity index (χ0) is 12.2. The Morgan fingerprint density at radius 2 is 2.25 bits per heavy atom. The Bertz CT molecular complexity index is 527. The lowest BCUT2D eigenvalue weighted by Gasteiger charge is -2.02. The molecule has 1 amide bonds. The Kier molecular flexibility index (Phi) is 4.00. The molecule has 86 valence electrons. The third kappa shape index (κ3) is 3.03. The van der Waals surface area contributed by atoms with Crippen LogP contribution in [-0.2, 0) is 14.8 Å². The molecule has 1 heterocycles. The van der Waals surface area contributed by atoms with E-state index in [4.69, 9.17) is 5.26 Å². The Labute approximate surface area is 96.9 Å². The quantitative estimate of drug-likeness (QED) is 0.771. The maximum absolute atomic E-state index is 11.6. The number of carbonyl (C=O) groups excluding carboxylic acids is 1. The van der Waals surface area contributed by atoms with Crippen LogP contribution in [0.5, 0.6) is 0 Å². The predicted molar refractivity (Wildman–Crippen MR) is 58.3 cm³/mol. The molecule has 0 fully saturated rings. The molecule has 1 rings (SSSR count). The van der Waals surface area contributed by atoms with E-state index >= 15 is 0 Å². The molecule has 0 radical (unpaired) electrons. The summed E-state index contributed by atoms with van der Waals surface area (Å²) < 4.78 is 25.3. The summed E-state index contributed by atoms with van der Waals surface area (Å²) in [4.78, 5) is 11.2. The van der Waals surface area contributed by atoms with Crippen molar-refractivity contribution in [3.63, 3.8) is 0 Å². The minimum absolute atomic E-state index is 0.0213. The van der Waals surface area contributed by atoms with Crippen molar-refractivity contribution in [1.82, 2.24) is 10.0 Å². The number of sulfonamides is 1. The average Bonchev–Trinajstić information content (AvgIpc) is 2.75. The molecule has 0 bridgehead atoms. The summed E-state index contributed by atoms with van der Waals surface area (Å²) in [6.07, 6.45) is 0. The molecule has 0 aliphatic carbocycles. The van der Waals surface area contributed by atoms with Gasteiger partial charge in [0.25, 0.3) is 10.0 Å². The molecule has 2 N–H and O–H groups in total. The van der Waals surface area contributed by atoms with Crippen LogP contribution >= 0.6 is 11.3 Å². The largest absolute Gasteiger partial charge is 0.358 e. The van der Waals surface area contributed by atoms with Crippen LogP contribution in [0.25, 0.3) is 0 Å².